The molecule has 0 N–H and O–H groups in total. The second-order valence-corrected chi connectivity index (χ2v) is 9.99. The van der Waals surface area contributed by atoms with Gasteiger partial charge in [-0.3, -0.25) is 0 Å². The van der Waals surface area contributed by atoms with Crippen LogP contribution < -0.4 is 4.57 Å². The van der Waals surface area contributed by atoms with E-state index in [9.17, 15) is 0 Å². The van der Waals surface area contributed by atoms with Gasteiger partial charge in [-0.05, 0) is 19.3 Å². The van der Waals surface area contributed by atoms with Gasteiger partial charge in [-0.15, -0.1) is 0 Å². The van der Waals surface area contributed by atoms with Crippen molar-refractivity contribution in [1.29, 1.82) is 0 Å². The minimum absolute atomic E-state index is 1.21. The monoisotopic (exact) mass is 433 g/mol. The molecule has 0 amide bonds. The van der Waals surface area contributed by atoms with Crippen LogP contribution in [0.5, 0.6) is 0 Å². The van der Waals surface area contributed by atoms with E-state index in [0.717, 1.165) is 0 Å². The van der Waals surface area contributed by atoms with E-state index in [-0.39, 0.29) is 0 Å². The van der Waals surface area contributed by atoms with Crippen molar-refractivity contribution in [3.8, 4) is 0 Å². The lowest BCUT2D eigenvalue weighted by Gasteiger charge is -2.05. The van der Waals surface area contributed by atoms with Crippen molar-refractivity contribution in [3.63, 3.8) is 0 Å². The highest BCUT2D eigenvalue weighted by Gasteiger charge is 2.13. The molecule has 182 valence electrons. The van der Waals surface area contributed by atoms with Crippen LogP contribution in [0.3, 0.4) is 0 Å². The summed E-state index contributed by atoms with van der Waals surface area (Å²) in [4.78, 5) is 0. The predicted octanol–water partition coefficient (Wildman–Crippen LogP) is 9.09. The summed E-state index contributed by atoms with van der Waals surface area (Å²) in [5.74, 6) is 1.53. The molecule has 0 atom stereocenters. The van der Waals surface area contributed by atoms with Gasteiger partial charge in [0, 0.05) is 6.42 Å². The minimum Gasteiger partial charge on any atom is -0.237 e. The quantitative estimate of drug-likeness (QED) is 0.120. The molecule has 0 saturated heterocycles. The summed E-state index contributed by atoms with van der Waals surface area (Å²) in [6, 6.07) is 0. The largest absolute Gasteiger partial charge is 0.256 e. The zero-order valence-corrected chi connectivity index (χ0v) is 21.8. The fourth-order valence-electron chi connectivity index (χ4n) is 4.80. The normalized spacial score (nSPS) is 11.5. The number of imidazole rings is 1. The Balaban J connectivity index is 2.01. The maximum atomic E-state index is 2.53. The van der Waals surface area contributed by atoms with Crippen LogP contribution >= 0.6 is 0 Å². The average molecular weight is 434 g/mol. The van der Waals surface area contributed by atoms with Crippen molar-refractivity contribution in [2.45, 2.75) is 162 Å². The van der Waals surface area contributed by atoms with Gasteiger partial charge in [0.25, 0.3) is 5.82 Å². The lowest BCUT2D eigenvalue weighted by atomic mass is 10.1. The minimum atomic E-state index is 1.21. The molecule has 0 spiro atoms. The van der Waals surface area contributed by atoms with Crippen LogP contribution in [0.25, 0.3) is 0 Å². The van der Waals surface area contributed by atoms with Crippen LogP contribution in [0.4, 0.5) is 0 Å². The van der Waals surface area contributed by atoms with Gasteiger partial charge in [-0.2, -0.15) is 0 Å². The third-order valence-electron chi connectivity index (χ3n) is 6.97. The molecule has 0 fully saturated rings. The van der Waals surface area contributed by atoms with Gasteiger partial charge >= 0.3 is 0 Å². The van der Waals surface area contributed by atoms with Crippen LogP contribution in [0.1, 0.15) is 155 Å². The standard InChI is InChI=1S/C29H57N2/c1-4-6-8-10-12-14-16-18-20-22-24-26-31-28-27-30(3)29(31)25-23-21-19-17-15-13-11-9-7-5-2/h27-28H,4-26H2,1-3H3/q+1. The Morgan fingerprint density at radius 3 is 1.39 bits per heavy atom. The van der Waals surface area contributed by atoms with E-state index in [2.05, 4.69) is 42.4 Å². The van der Waals surface area contributed by atoms with Crippen LogP contribution in [-0.4, -0.2) is 4.57 Å². The van der Waals surface area contributed by atoms with Crippen molar-refractivity contribution in [2.24, 2.45) is 7.05 Å². The highest BCUT2D eigenvalue weighted by Crippen LogP contribution is 2.14. The Bertz CT molecular complexity index is 491. The molecule has 31 heavy (non-hydrogen) atoms. The first kappa shape index (κ1) is 28.2. The topological polar surface area (TPSA) is 8.81 Å². The number of aromatic nitrogens is 2. The molecule has 2 nitrogen and oxygen atoms in total. The van der Waals surface area contributed by atoms with Crippen LogP contribution in [0.2, 0.25) is 0 Å². The van der Waals surface area contributed by atoms with E-state index >= 15 is 0 Å². The lowest BCUT2D eigenvalue weighted by molar-refractivity contribution is -0.678. The number of aryl methyl sites for hydroxylation is 2. The molecule has 1 heterocycles. The Hall–Kier alpha value is -0.790. The Labute approximate surface area is 196 Å². The molecule has 1 aromatic rings. The number of hydrogen-bond donors (Lipinski definition) is 0. The number of nitrogens with zero attached hydrogens (tertiary/aromatic N) is 2. The molecule has 2 heteroatoms. The van der Waals surface area contributed by atoms with Crippen molar-refractivity contribution < 1.29 is 4.57 Å². The van der Waals surface area contributed by atoms with E-state index in [1.165, 1.54) is 154 Å². The summed E-state index contributed by atoms with van der Waals surface area (Å²) in [7, 11) is 2.22. The number of hydrogen-bond acceptors (Lipinski definition) is 0. The second-order valence-electron chi connectivity index (χ2n) is 9.99. The molecular weight excluding hydrogens is 376 g/mol. The molecule has 1 rings (SSSR count). The molecule has 1 aromatic heterocycles. The van der Waals surface area contributed by atoms with Crippen molar-refractivity contribution in [1.82, 2.24) is 4.57 Å². The maximum absolute atomic E-state index is 2.53. The van der Waals surface area contributed by atoms with E-state index in [1.54, 1.807) is 0 Å². The molecule has 0 unspecified atom stereocenters. The van der Waals surface area contributed by atoms with Gasteiger partial charge < -0.3 is 0 Å². The molecular formula is C29H57N2+. The number of rotatable bonds is 23. The van der Waals surface area contributed by atoms with Gasteiger partial charge in [0.2, 0.25) is 0 Å². The zero-order chi connectivity index (χ0) is 22.4. The summed E-state index contributed by atoms with van der Waals surface area (Å²) in [6.07, 6.45) is 35.7. The van der Waals surface area contributed by atoms with Crippen molar-refractivity contribution in [3.05, 3.63) is 18.2 Å². The predicted molar refractivity (Wildman–Crippen MR) is 138 cm³/mol. The van der Waals surface area contributed by atoms with Crippen LogP contribution in [-0.2, 0) is 20.0 Å². The van der Waals surface area contributed by atoms with Gasteiger partial charge in [0.05, 0.1) is 13.6 Å². The van der Waals surface area contributed by atoms with Gasteiger partial charge in [0.15, 0.2) is 0 Å². The lowest BCUT2D eigenvalue weighted by Crippen LogP contribution is -2.32. The zero-order valence-electron chi connectivity index (χ0n) is 21.8. The van der Waals surface area contributed by atoms with Crippen molar-refractivity contribution in [2.75, 3.05) is 0 Å². The van der Waals surface area contributed by atoms with Gasteiger partial charge in [0.1, 0.15) is 12.4 Å². The first-order valence-corrected chi connectivity index (χ1v) is 14.3. The van der Waals surface area contributed by atoms with E-state index < -0.39 is 0 Å². The highest BCUT2D eigenvalue weighted by atomic mass is 15.1. The highest BCUT2D eigenvalue weighted by molar-refractivity contribution is 4.84. The van der Waals surface area contributed by atoms with Crippen molar-refractivity contribution >= 4 is 0 Å². The summed E-state index contributed by atoms with van der Waals surface area (Å²) >= 11 is 0. The fourth-order valence-corrected chi connectivity index (χ4v) is 4.80. The summed E-state index contributed by atoms with van der Waals surface area (Å²) in [5, 5.41) is 0. The molecule has 0 aromatic carbocycles. The molecule has 0 radical (unpaired) electrons. The molecule has 0 saturated carbocycles. The maximum Gasteiger partial charge on any atom is 0.256 e. The first-order chi connectivity index (χ1) is 15.3. The smallest absolute Gasteiger partial charge is 0.237 e. The molecule has 0 aliphatic rings. The molecule has 0 aliphatic heterocycles. The first-order valence-electron chi connectivity index (χ1n) is 14.3. The second kappa shape index (κ2) is 21.1. The Kier molecular flexibility index (Phi) is 19.2. The SMILES string of the molecule is CCCCCCCCCCCCCn1cc[n+](C)c1CCCCCCCCCCCC. The van der Waals surface area contributed by atoms with Crippen LogP contribution in [0.15, 0.2) is 12.4 Å². The third kappa shape index (κ3) is 15.6. The van der Waals surface area contributed by atoms with Gasteiger partial charge in [-0.1, -0.05) is 129 Å². The summed E-state index contributed by atoms with van der Waals surface area (Å²) in [5.41, 5.74) is 0. The fraction of sp³-hybridized carbons (Fsp3) is 0.897. The number of unbranched alkanes of at least 4 members (excludes halogenated alkanes) is 19. The van der Waals surface area contributed by atoms with Gasteiger partial charge in [-0.25, -0.2) is 9.13 Å². The summed E-state index contributed by atoms with van der Waals surface area (Å²) in [6.45, 7) is 5.81. The average Bonchev–Trinajstić information content (AvgIpc) is 3.12. The third-order valence-corrected chi connectivity index (χ3v) is 6.97. The molecule has 0 bridgehead atoms. The van der Waals surface area contributed by atoms with E-state index in [0.29, 0.717) is 0 Å². The Morgan fingerprint density at radius 2 is 0.935 bits per heavy atom. The van der Waals surface area contributed by atoms with Crippen LogP contribution in [0, 0.1) is 0 Å². The summed E-state index contributed by atoms with van der Waals surface area (Å²) < 4.78 is 4.88. The van der Waals surface area contributed by atoms with E-state index in [1.807, 2.05) is 0 Å². The molecule has 0 aliphatic carbocycles. The van der Waals surface area contributed by atoms with E-state index in [4.69, 9.17) is 0 Å². The Morgan fingerprint density at radius 1 is 0.548 bits per heavy atom.